The summed E-state index contributed by atoms with van der Waals surface area (Å²) in [5.41, 5.74) is 2.56. The summed E-state index contributed by atoms with van der Waals surface area (Å²) in [6.07, 6.45) is 0. The molecule has 0 spiro atoms. The molecule has 0 aromatic heterocycles. The largest absolute Gasteiger partial charge is 0.497 e. The molecule has 7 nitrogen and oxygen atoms in total. The van der Waals surface area contributed by atoms with Gasteiger partial charge in [0.25, 0.3) is 0 Å². The van der Waals surface area contributed by atoms with Gasteiger partial charge in [-0.1, -0.05) is 24.3 Å². The number of rotatable bonds is 9. The zero-order valence-corrected chi connectivity index (χ0v) is 20.6. The number of guanidine groups is 1. The van der Waals surface area contributed by atoms with E-state index in [1.807, 2.05) is 24.3 Å². The van der Waals surface area contributed by atoms with Crippen LogP contribution in [0.2, 0.25) is 0 Å². The standard InChI is InChI=1S/C23H32N4O3.HI/c1-24-23(25-10-13-30-22-8-6-21(28-2)7-9-22)26-17-19-4-3-5-20(16-19)18-27-11-14-29-15-12-27;/h3-9,16H,10-15,17-18H2,1-2H3,(H2,24,25,26);1H. The highest BCUT2D eigenvalue weighted by Gasteiger charge is 2.10. The molecule has 2 N–H and O–H groups in total. The first-order valence-electron chi connectivity index (χ1n) is 10.4. The van der Waals surface area contributed by atoms with Gasteiger partial charge >= 0.3 is 0 Å². The molecule has 2 aromatic carbocycles. The molecule has 0 radical (unpaired) electrons. The molecular weight excluding hydrogens is 507 g/mol. The number of halogens is 1. The lowest BCUT2D eigenvalue weighted by Crippen LogP contribution is -2.39. The first-order chi connectivity index (χ1) is 14.8. The number of benzene rings is 2. The summed E-state index contributed by atoms with van der Waals surface area (Å²) in [7, 11) is 3.42. The summed E-state index contributed by atoms with van der Waals surface area (Å²) in [6, 6.07) is 16.3. The molecule has 1 heterocycles. The molecule has 0 bridgehead atoms. The van der Waals surface area contributed by atoms with Crippen LogP contribution in [0.5, 0.6) is 11.5 Å². The predicted octanol–water partition coefficient (Wildman–Crippen LogP) is 2.89. The molecule has 0 atom stereocenters. The van der Waals surface area contributed by atoms with E-state index < -0.39 is 0 Å². The Bertz CT molecular complexity index is 796. The van der Waals surface area contributed by atoms with Crippen LogP contribution in [0.4, 0.5) is 0 Å². The first-order valence-corrected chi connectivity index (χ1v) is 10.4. The zero-order chi connectivity index (χ0) is 21.0. The van der Waals surface area contributed by atoms with Crippen LogP contribution in [0.3, 0.4) is 0 Å². The van der Waals surface area contributed by atoms with E-state index in [0.29, 0.717) is 13.2 Å². The van der Waals surface area contributed by atoms with Crippen LogP contribution in [-0.2, 0) is 17.8 Å². The van der Waals surface area contributed by atoms with Crippen LogP contribution in [-0.4, -0.2) is 64.5 Å². The fraction of sp³-hybridized carbons (Fsp3) is 0.435. The van der Waals surface area contributed by atoms with E-state index >= 15 is 0 Å². The number of hydrogen-bond acceptors (Lipinski definition) is 5. The van der Waals surface area contributed by atoms with Crippen molar-refractivity contribution in [2.24, 2.45) is 4.99 Å². The van der Waals surface area contributed by atoms with Gasteiger partial charge in [-0.2, -0.15) is 0 Å². The molecule has 1 fully saturated rings. The second-order valence-corrected chi connectivity index (χ2v) is 7.09. The van der Waals surface area contributed by atoms with Crippen molar-refractivity contribution in [3.8, 4) is 11.5 Å². The number of hydrogen-bond donors (Lipinski definition) is 2. The minimum Gasteiger partial charge on any atom is -0.497 e. The first kappa shape index (κ1) is 25.2. The Labute approximate surface area is 202 Å². The lowest BCUT2D eigenvalue weighted by Gasteiger charge is -2.26. The minimum atomic E-state index is 0. The molecule has 170 valence electrons. The molecule has 0 saturated carbocycles. The van der Waals surface area contributed by atoms with Crippen molar-refractivity contribution in [1.29, 1.82) is 0 Å². The third-order valence-corrected chi connectivity index (χ3v) is 4.91. The number of nitrogens with zero attached hydrogens (tertiary/aromatic N) is 2. The second kappa shape index (κ2) is 14.1. The molecule has 8 heteroatoms. The van der Waals surface area contributed by atoms with Crippen molar-refractivity contribution in [3.05, 3.63) is 59.7 Å². The number of methoxy groups -OCH3 is 1. The van der Waals surface area contributed by atoms with Gasteiger partial charge in [0.1, 0.15) is 18.1 Å². The van der Waals surface area contributed by atoms with Crippen LogP contribution < -0.4 is 20.1 Å². The third-order valence-electron chi connectivity index (χ3n) is 4.91. The fourth-order valence-electron chi connectivity index (χ4n) is 3.27. The number of ether oxygens (including phenoxy) is 3. The molecule has 31 heavy (non-hydrogen) atoms. The van der Waals surface area contributed by atoms with Crippen LogP contribution in [0.25, 0.3) is 0 Å². The van der Waals surface area contributed by atoms with Gasteiger partial charge in [0.05, 0.1) is 26.9 Å². The van der Waals surface area contributed by atoms with E-state index in [0.717, 1.165) is 56.9 Å². The quantitative estimate of drug-likeness (QED) is 0.221. The summed E-state index contributed by atoms with van der Waals surface area (Å²) in [5, 5.41) is 6.64. The highest BCUT2D eigenvalue weighted by atomic mass is 127. The molecule has 2 aromatic rings. The smallest absolute Gasteiger partial charge is 0.191 e. The maximum atomic E-state index is 5.74. The van der Waals surface area contributed by atoms with Crippen molar-refractivity contribution < 1.29 is 14.2 Å². The Kier molecular flexibility index (Phi) is 11.5. The van der Waals surface area contributed by atoms with Gasteiger partial charge in [0, 0.05) is 33.2 Å². The average Bonchev–Trinajstić information content (AvgIpc) is 2.80. The van der Waals surface area contributed by atoms with E-state index in [9.17, 15) is 0 Å². The summed E-state index contributed by atoms with van der Waals surface area (Å²) in [4.78, 5) is 6.72. The molecule has 1 aliphatic heterocycles. The predicted molar refractivity (Wildman–Crippen MR) is 135 cm³/mol. The lowest BCUT2D eigenvalue weighted by molar-refractivity contribution is 0.0342. The summed E-state index contributed by atoms with van der Waals surface area (Å²) in [5.74, 6) is 2.39. The molecule has 1 aliphatic rings. The van der Waals surface area contributed by atoms with Crippen molar-refractivity contribution in [2.45, 2.75) is 13.1 Å². The van der Waals surface area contributed by atoms with Crippen LogP contribution >= 0.6 is 24.0 Å². The van der Waals surface area contributed by atoms with Gasteiger partial charge < -0.3 is 24.8 Å². The van der Waals surface area contributed by atoms with Gasteiger partial charge in [0.2, 0.25) is 0 Å². The Morgan fingerprint density at radius 1 is 1.03 bits per heavy atom. The maximum absolute atomic E-state index is 5.74. The van der Waals surface area contributed by atoms with Crippen molar-refractivity contribution in [3.63, 3.8) is 0 Å². The second-order valence-electron chi connectivity index (χ2n) is 7.09. The van der Waals surface area contributed by atoms with E-state index in [2.05, 4.69) is 44.8 Å². The molecule has 0 unspecified atom stereocenters. The lowest BCUT2D eigenvalue weighted by atomic mass is 10.1. The molecule has 1 saturated heterocycles. The monoisotopic (exact) mass is 540 g/mol. The number of nitrogens with one attached hydrogen (secondary N) is 2. The maximum Gasteiger partial charge on any atom is 0.191 e. The average molecular weight is 540 g/mol. The van der Waals surface area contributed by atoms with Crippen molar-refractivity contribution >= 4 is 29.9 Å². The molecular formula is C23H33IN4O3. The van der Waals surface area contributed by atoms with Crippen molar-refractivity contribution in [2.75, 3.05) is 53.6 Å². The van der Waals surface area contributed by atoms with Crippen LogP contribution in [0, 0.1) is 0 Å². The number of aliphatic imine (C=N–C) groups is 1. The SMILES string of the molecule is CN=C(NCCOc1ccc(OC)cc1)NCc1cccc(CN2CCOCC2)c1.I. The minimum absolute atomic E-state index is 0. The Hall–Kier alpha value is -2.04. The Morgan fingerprint density at radius 3 is 2.45 bits per heavy atom. The van der Waals surface area contributed by atoms with E-state index in [-0.39, 0.29) is 24.0 Å². The Morgan fingerprint density at radius 2 is 1.74 bits per heavy atom. The molecule has 3 rings (SSSR count). The van der Waals surface area contributed by atoms with Crippen molar-refractivity contribution in [1.82, 2.24) is 15.5 Å². The molecule has 0 aliphatic carbocycles. The topological polar surface area (TPSA) is 67.4 Å². The van der Waals surface area contributed by atoms with Crippen LogP contribution in [0.15, 0.2) is 53.5 Å². The van der Waals surface area contributed by atoms with Gasteiger partial charge in [-0.05, 0) is 35.4 Å². The van der Waals surface area contributed by atoms with Crippen LogP contribution in [0.1, 0.15) is 11.1 Å². The summed E-state index contributed by atoms with van der Waals surface area (Å²) >= 11 is 0. The van der Waals surface area contributed by atoms with E-state index in [1.54, 1.807) is 14.2 Å². The fourth-order valence-corrected chi connectivity index (χ4v) is 3.27. The third kappa shape index (κ3) is 8.92. The highest BCUT2D eigenvalue weighted by molar-refractivity contribution is 14.0. The normalized spacial score (nSPS) is 14.5. The Balaban J connectivity index is 0.00000341. The number of morpholine rings is 1. The van der Waals surface area contributed by atoms with E-state index in [4.69, 9.17) is 14.2 Å². The summed E-state index contributed by atoms with van der Waals surface area (Å²) in [6.45, 7) is 6.53. The zero-order valence-electron chi connectivity index (χ0n) is 18.3. The van der Waals surface area contributed by atoms with Gasteiger partial charge in [-0.15, -0.1) is 24.0 Å². The van der Waals surface area contributed by atoms with E-state index in [1.165, 1.54) is 11.1 Å². The van der Waals surface area contributed by atoms with Gasteiger partial charge in [-0.25, -0.2) is 0 Å². The van der Waals surface area contributed by atoms with Gasteiger partial charge in [-0.3, -0.25) is 9.89 Å². The highest BCUT2D eigenvalue weighted by Crippen LogP contribution is 2.16. The summed E-state index contributed by atoms with van der Waals surface area (Å²) < 4.78 is 16.3. The van der Waals surface area contributed by atoms with Gasteiger partial charge in [0.15, 0.2) is 5.96 Å². The molecule has 0 amide bonds.